The minimum absolute atomic E-state index is 0.0460. The fourth-order valence-electron chi connectivity index (χ4n) is 2.28. The number of halogens is 1. The molecule has 0 saturated carbocycles. The third kappa shape index (κ3) is 2.18. The first-order valence-electron chi connectivity index (χ1n) is 6.27. The van der Waals surface area contributed by atoms with Crippen molar-refractivity contribution >= 4 is 5.78 Å². The summed E-state index contributed by atoms with van der Waals surface area (Å²) in [6.45, 7) is 1.07. The summed E-state index contributed by atoms with van der Waals surface area (Å²) in [4.78, 5) is 12.3. The molecule has 3 rings (SSSR count). The summed E-state index contributed by atoms with van der Waals surface area (Å²) in [7, 11) is 1.46. The van der Waals surface area contributed by atoms with E-state index in [4.69, 9.17) is 9.47 Å². The number of carbonyl (C=O) groups excluding carboxylic acids is 1. The molecule has 0 unspecified atom stereocenters. The average molecular weight is 272 g/mol. The van der Waals surface area contributed by atoms with Crippen molar-refractivity contribution in [3.05, 3.63) is 64.5 Å². The third-order valence-electron chi connectivity index (χ3n) is 3.40. The normalized spacial score (nSPS) is 13.1. The highest BCUT2D eigenvalue weighted by molar-refractivity contribution is 6.09. The molecule has 1 heterocycles. The van der Waals surface area contributed by atoms with Gasteiger partial charge in [0.1, 0.15) is 11.6 Å². The van der Waals surface area contributed by atoms with E-state index < -0.39 is 5.82 Å². The van der Waals surface area contributed by atoms with Crippen LogP contribution in [-0.4, -0.2) is 12.9 Å². The van der Waals surface area contributed by atoms with Crippen molar-refractivity contribution in [2.24, 2.45) is 0 Å². The third-order valence-corrected chi connectivity index (χ3v) is 3.40. The minimum atomic E-state index is -0.578. The van der Waals surface area contributed by atoms with Crippen LogP contribution in [0.15, 0.2) is 36.4 Å². The van der Waals surface area contributed by atoms with Gasteiger partial charge in [0.05, 0.1) is 25.9 Å². The van der Waals surface area contributed by atoms with E-state index in [-0.39, 0.29) is 11.3 Å². The average Bonchev–Trinajstić information content (AvgIpc) is 2.93. The molecule has 0 fully saturated rings. The minimum Gasteiger partial charge on any atom is -0.497 e. The van der Waals surface area contributed by atoms with E-state index in [0.29, 0.717) is 24.5 Å². The summed E-state index contributed by atoms with van der Waals surface area (Å²) in [6.07, 6.45) is 0. The fraction of sp³-hybridized carbons (Fsp3) is 0.188. The van der Waals surface area contributed by atoms with Gasteiger partial charge in [-0.05, 0) is 29.3 Å². The van der Waals surface area contributed by atoms with Gasteiger partial charge in [-0.3, -0.25) is 4.79 Å². The molecule has 0 saturated heterocycles. The Morgan fingerprint density at radius 1 is 1.15 bits per heavy atom. The second kappa shape index (κ2) is 5.06. The molecule has 1 aliphatic heterocycles. The predicted molar refractivity (Wildman–Crippen MR) is 71.3 cm³/mol. The van der Waals surface area contributed by atoms with Crippen LogP contribution >= 0.6 is 0 Å². The molecular formula is C16H13FO3. The van der Waals surface area contributed by atoms with Gasteiger partial charge in [-0.15, -0.1) is 0 Å². The molecule has 0 spiro atoms. The van der Waals surface area contributed by atoms with E-state index in [1.165, 1.54) is 19.2 Å². The van der Waals surface area contributed by atoms with Gasteiger partial charge >= 0.3 is 0 Å². The molecular weight excluding hydrogens is 259 g/mol. The monoisotopic (exact) mass is 272 g/mol. The molecule has 0 aliphatic carbocycles. The molecule has 0 amide bonds. The Labute approximate surface area is 115 Å². The van der Waals surface area contributed by atoms with Gasteiger partial charge in [0, 0.05) is 11.6 Å². The van der Waals surface area contributed by atoms with E-state index in [1.807, 2.05) is 6.07 Å². The lowest BCUT2D eigenvalue weighted by atomic mass is 9.99. The van der Waals surface area contributed by atoms with Crippen LogP contribution in [0.3, 0.4) is 0 Å². The predicted octanol–water partition coefficient (Wildman–Crippen LogP) is 3.10. The van der Waals surface area contributed by atoms with Gasteiger partial charge in [0.15, 0.2) is 5.78 Å². The lowest BCUT2D eigenvalue weighted by Gasteiger charge is -2.06. The van der Waals surface area contributed by atoms with Gasteiger partial charge < -0.3 is 9.47 Å². The van der Waals surface area contributed by atoms with Crippen molar-refractivity contribution < 1.29 is 18.7 Å². The Morgan fingerprint density at radius 3 is 2.70 bits per heavy atom. The Bertz CT molecular complexity index is 679. The van der Waals surface area contributed by atoms with Crippen molar-refractivity contribution in [1.29, 1.82) is 0 Å². The molecule has 2 aromatic carbocycles. The largest absolute Gasteiger partial charge is 0.497 e. The van der Waals surface area contributed by atoms with E-state index in [1.54, 1.807) is 18.2 Å². The Kier molecular flexibility index (Phi) is 3.24. The van der Waals surface area contributed by atoms with Crippen LogP contribution in [0.1, 0.15) is 27.0 Å². The smallest absolute Gasteiger partial charge is 0.195 e. The number of hydrogen-bond acceptors (Lipinski definition) is 3. The Hall–Kier alpha value is -2.20. The Balaban J connectivity index is 1.96. The summed E-state index contributed by atoms with van der Waals surface area (Å²) >= 11 is 0. The van der Waals surface area contributed by atoms with Crippen molar-refractivity contribution in [3.8, 4) is 5.75 Å². The molecule has 4 heteroatoms. The maximum absolute atomic E-state index is 13.9. The molecule has 3 nitrogen and oxygen atoms in total. The lowest BCUT2D eigenvalue weighted by molar-refractivity contribution is 0.103. The molecule has 20 heavy (non-hydrogen) atoms. The number of ether oxygens (including phenoxy) is 2. The van der Waals surface area contributed by atoms with Crippen molar-refractivity contribution in [3.63, 3.8) is 0 Å². The van der Waals surface area contributed by atoms with E-state index >= 15 is 0 Å². The van der Waals surface area contributed by atoms with E-state index in [2.05, 4.69) is 0 Å². The van der Waals surface area contributed by atoms with Gasteiger partial charge in [-0.1, -0.05) is 12.1 Å². The molecule has 0 N–H and O–H groups in total. The highest BCUT2D eigenvalue weighted by Gasteiger charge is 2.18. The first-order valence-corrected chi connectivity index (χ1v) is 6.27. The van der Waals surface area contributed by atoms with Crippen LogP contribution in [0.25, 0.3) is 0 Å². The number of rotatable bonds is 3. The summed E-state index contributed by atoms with van der Waals surface area (Å²) < 4.78 is 24.2. The zero-order valence-corrected chi connectivity index (χ0v) is 11.0. The van der Waals surface area contributed by atoms with Crippen LogP contribution < -0.4 is 4.74 Å². The molecule has 1 aliphatic rings. The standard InChI is InChI=1S/C16H13FO3/c1-19-13-4-5-14(15(17)7-13)16(18)10-2-3-11-8-20-9-12(11)6-10/h2-7H,8-9H2,1H3. The summed E-state index contributed by atoms with van der Waals surface area (Å²) in [6, 6.07) is 9.57. The number of benzene rings is 2. The lowest BCUT2D eigenvalue weighted by Crippen LogP contribution is -2.05. The molecule has 0 radical (unpaired) electrons. The van der Waals surface area contributed by atoms with Crippen LogP contribution in [0.4, 0.5) is 4.39 Å². The maximum Gasteiger partial charge on any atom is 0.195 e. The first kappa shape index (κ1) is 12.8. The number of ketones is 1. The number of hydrogen-bond donors (Lipinski definition) is 0. The fourth-order valence-corrected chi connectivity index (χ4v) is 2.28. The topological polar surface area (TPSA) is 35.5 Å². The maximum atomic E-state index is 13.9. The second-order valence-corrected chi connectivity index (χ2v) is 4.65. The van der Waals surface area contributed by atoms with Crippen molar-refractivity contribution in [1.82, 2.24) is 0 Å². The van der Waals surface area contributed by atoms with Crippen molar-refractivity contribution in [2.75, 3.05) is 7.11 Å². The highest BCUT2D eigenvalue weighted by Crippen LogP contribution is 2.24. The molecule has 0 aromatic heterocycles. The first-order chi connectivity index (χ1) is 9.69. The second-order valence-electron chi connectivity index (χ2n) is 4.65. The number of methoxy groups -OCH3 is 1. The quantitative estimate of drug-likeness (QED) is 0.805. The van der Waals surface area contributed by atoms with Crippen LogP contribution in [0, 0.1) is 5.82 Å². The summed E-state index contributed by atoms with van der Waals surface area (Å²) in [5.74, 6) is -0.521. The molecule has 0 atom stereocenters. The van der Waals surface area contributed by atoms with Crippen LogP contribution in [0.5, 0.6) is 5.75 Å². The van der Waals surface area contributed by atoms with E-state index in [0.717, 1.165) is 11.1 Å². The number of fused-ring (bicyclic) bond motifs is 1. The highest BCUT2D eigenvalue weighted by atomic mass is 19.1. The summed E-state index contributed by atoms with van der Waals surface area (Å²) in [5, 5.41) is 0. The van der Waals surface area contributed by atoms with Crippen LogP contribution in [0.2, 0.25) is 0 Å². The van der Waals surface area contributed by atoms with Crippen LogP contribution in [-0.2, 0) is 18.0 Å². The van der Waals surface area contributed by atoms with Gasteiger partial charge in [0.2, 0.25) is 0 Å². The van der Waals surface area contributed by atoms with Gasteiger partial charge in [-0.2, -0.15) is 0 Å². The number of carbonyl (C=O) groups is 1. The zero-order chi connectivity index (χ0) is 14.1. The zero-order valence-electron chi connectivity index (χ0n) is 11.0. The Morgan fingerprint density at radius 2 is 1.95 bits per heavy atom. The van der Waals surface area contributed by atoms with Gasteiger partial charge in [-0.25, -0.2) is 4.39 Å². The van der Waals surface area contributed by atoms with E-state index in [9.17, 15) is 9.18 Å². The molecule has 102 valence electrons. The molecule has 0 bridgehead atoms. The molecule has 2 aromatic rings. The van der Waals surface area contributed by atoms with Crippen molar-refractivity contribution in [2.45, 2.75) is 13.2 Å². The van der Waals surface area contributed by atoms with Gasteiger partial charge in [0.25, 0.3) is 0 Å². The summed E-state index contributed by atoms with van der Waals surface area (Å²) in [5.41, 5.74) is 2.59. The SMILES string of the molecule is COc1ccc(C(=O)c2ccc3c(c2)COC3)c(F)c1.